The van der Waals surface area contributed by atoms with Crippen LogP contribution in [0.3, 0.4) is 0 Å². The monoisotopic (exact) mass is 400 g/mol. The summed E-state index contributed by atoms with van der Waals surface area (Å²) in [6.45, 7) is 0. The van der Waals surface area contributed by atoms with Crippen LogP contribution in [0.15, 0.2) is 48.6 Å². The molecule has 0 bridgehead atoms. The fraction of sp³-hybridized carbons (Fsp3) is 0.167. The van der Waals surface area contributed by atoms with E-state index < -0.39 is 22.1 Å². The molecular weight excluding hydrogens is 386 g/mol. The maximum absolute atomic E-state index is 10.00. The van der Waals surface area contributed by atoms with Crippen molar-refractivity contribution in [3.8, 4) is 0 Å². The van der Waals surface area contributed by atoms with Crippen molar-refractivity contribution in [3.05, 3.63) is 54.1 Å². The maximum Gasteiger partial charge on any atom is 0.404 e. The van der Waals surface area contributed by atoms with Crippen LogP contribution in [-0.4, -0.2) is 18.6 Å². The van der Waals surface area contributed by atoms with E-state index in [2.05, 4.69) is 44.7 Å². The lowest BCUT2D eigenvalue weighted by atomic mass is 9.94. The molecule has 7 nitrogen and oxygen atoms in total. The Hall–Kier alpha value is -0.700. The van der Waals surface area contributed by atoms with Crippen LogP contribution in [0, 0.1) is 0 Å². The lowest BCUT2D eigenvalue weighted by molar-refractivity contribution is 0.392. The second-order valence-corrected chi connectivity index (χ2v) is 10.1. The van der Waals surface area contributed by atoms with Crippen LogP contribution in [-0.2, 0) is 18.9 Å². The first-order chi connectivity index (χ1) is 10.4. The zero-order chi connectivity index (χ0) is 17.7. The van der Waals surface area contributed by atoms with E-state index >= 15 is 0 Å². The zero-order valence-electron chi connectivity index (χ0n) is 11.7. The molecule has 0 saturated carbocycles. The minimum atomic E-state index is -4.81. The quantitative estimate of drug-likeness (QED) is 0.403. The third-order valence-corrected chi connectivity index (χ3v) is 5.00. The number of rotatable bonds is 3. The Morgan fingerprint density at radius 3 is 2.13 bits per heavy atom. The summed E-state index contributed by atoms with van der Waals surface area (Å²) in [5, 5.41) is 0. The minimum Gasteiger partial charge on any atom is -0.310 e. The standard InChI is InChI=1S/C12H14N2.Cl2HO5PS/c13-12(14)8-6-11(7-9-12)10-4-2-1-3-5-10;1-8(2,3)7-9(4,5)6/h1-8H,9,13-14H2;(H,4,5,6). The van der Waals surface area contributed by atoms with Gasteiger partial charge in [0.15, 0.2) is 0 Å². The normalized spacial score (nSPS) is 17.0. The predicted octanol–water partition coefficient (Wildman–Crippen LogP) is 3.04. The predicted molar refractivity (Wildman–Crippen MR) is 91.2 cm³/mol. The third-order valence-electron chi connectivity index (χ3n) is 2.54. The van der Waals surface area contributed by atoms with Gasteiger partial charge in [-0.1, -0.05) is 42.5 Å². The summed E-state index contributed by atoms with van der Waals surface area (Å²) < 4.78 is 40.3. The summed E-state index contributed by atoms with van der Waals surface area (Å²) >= 11 is 9.15. The summed E-state index contributed by atoms with van der Waals surface area (Å²) in [5.74, 6) is 0. The molecule has 0 spiro atoms. The van der Waals surface area contributed by atoms with Crippen molar-refractivity contribution in [2.75, 3.05) is 0 Å². The van der Waals surface area contributed by atoms with Gasteiger partial charge in [-0.15, -0.1) is 0 Å². The van der Waals surface area contributed by atoms with Crippen molar-refractivity contribution in [2.45, 2.75) is 12.1 Å². The summed E-state index contributed by atoms with van der Waals surface area (Å²) in [6.07, 6.45) is 2.43. The molecule has 0 atom stereocenters. The van der Waals surface area contributed by atoms with E-state index in [-0.39, 0.29) is 0 Å². The van der Waals surface area contributed by atoms with Crippen molar-refractivity contribution >= 4 is 44.5 Å². The molecular formula is C12H15Cl2N2O5PS. The minimum absolute atomic E-state index is 0.668. The number of benzene rings is 1. The molecule has 0 heterocycles. The second-order valence-electron chi connectivity index (χ2n) is 4.59. The smallest absolute Gasteiger partial charge is 0.310 e. The molecule has 23 heavy (non-hydrogen) atoms. The highest BCUT2D eigenvalue weighted by Crippen LogP contribution is 2.58. The molecule has 1 aliphatic rings. The van der Waals surface area contributed by atoms with E-state index in [1.165, 1.54) is 11.1 Å². The molecule has 0 aliphatic heterocycles. The number of halogens is 2. The fourth-order valence-corrected chi connectivity index (χ4v) is 3.78. The highest BCUT2D eigenvalue weighted by Gasteiger charge is 2.23. The Morgan fingerprint density at radius 2 is 1.78 bits per heavy atom. The van der Waals surface area contributed by atoms with Gasteiger partial charge in [-0.25, -0.2) is 0 Å². The molecule has 128 valence electrons. The van der Waals surface area contributed by atoms with Gasteiger partial charge >= 0.3 is 16.5 Å². The van der Waals surface area contributed by atoms with Gasteiger partial charge in [0.25, 0.3) is 0 Å². The average Bonchev–Trinajstić information content (AvgIpc) is 2.36. The lowest BCUT2D eigenvalue weighted by Gasteiger charge is -2.22. The highest BCUT2D eigenvalue weighted by atomic mass is 35.9. The number of nitrogens with two attached hydrogens (primary N) is 2. The molecule has 5 N–H and O–H groups in total. The van der Waals surface area contributed by atoms with Gasteiger partial charge in [0, 0.05) is 6.42 Å². The Balaban J connectivity index is 0.000000257. The largest absolute Gasteiger partial charge is 0.404 e. The van der Waals surface area contributed by atoms with Crippen LogP contribution in [0.25, 0.3) is 5.57 Å². The molecule has 0 saturated heterocycles. The molecule has 0 radical (unpaired) electrons. The van der Waals surface area contributed by atoms with Crippen LogP contribution >= 0.6 is 28.6 Å². The van der Waals surface area contributed by atoms with Crippen LogP contribution in [0.1, 0.15) is 12.0 Å². The van der Waals surface area contributed by atoms with Gasteiger partial charge in [-0.3, -0.25) is 9.12 Å². The first kappa shape index (κ1) is 20.3. The summed E-state index contributed by atoms with van der Waals surface area (Å²) in [6, 6.07) is 10.2. The van der Waals surface area contributed by atoms with Crippen LogP contribution < -0.4 is 11.5 Å². The van der Waals surface area contributed by atoms with Crippen LogP contribution in [0.4, 0.5) is 0 Å². The average molecular weight is 401 g/mol. The van der Waals surface area contributed by atoms with E-state index in [1.807, 2.05) is 30.4 Å². The van der Waals surface area contributed by atoms with Crippen molar-refractivity contribution in [1.29, 1.82) is 0 Å². The molecule has 1 aromatic rings. The molecule has 0 fully saturated rings. The van der Waals surface area contributed by atoms with Crippen LogP contribution in [0.2, 0.25) is 0 Å². The van der Waals surface area contributed by atoms with Gasteiger partial charge in [0.05, 0.1) is 5.66 Å². The van der Waals surface area contributed by atoms with Crippen molar-refractivity contribution in [1.82, 2.24) is 0 Å². The lowest BCUT2D eigenvalue weighted by Crippen LogP contribution is -2.47. The van der Waals surface area contributed by atoms with E-state index in [0.29, 0.717) is 6.42 Å². The second kappa shape index (κ2) is 7.92. The molecule has 1 aliphatic carbocycles. The van der Waals surface area contributed by atoms with Gasteiger partial charge < -0.3 is 11.5 Å². The van der Waals surface area contributed by atoms with Gasteiger partial charge in [-0.05, 0) is 39.7 Å². The number of hydrogen-bond donors (Lipinski definition) is 3. The molecule has 0 aromatic heterocycles. The molecule has 11 heteroatoms. The van der Waals surface area contributed by atoms with E-state index in [1.54, 1.807) is 0 Å². The van der Waals surface area contributed by atoms with Gasteiger partial charge in [-0.2, -0.15) is 12.4 Å². The van der Waals surface area contributed by atoms with E-state index in [9.17, 15) is 13.0 Å². The first-order valence-corrected chi connectivity index (χ1v) is 10.9. The summed E-state index contributed by atoms with van der Waals surface area (Å²) in [7, 11) is -4.81. The number of allylic oxidation sites excluding steroid dienone is 2. The topological polar surface area (TPSA) is 133 Å². The zero-order valence-corrected chi connectivity index (χ0v) is 14.9. The Morgan fingerprint density at radius 1 is 1.22 bits per heavy atom. The maximum atomic E-state index is 10.00. The third kappa shape index (κ3) is 9.24. The Labute approximate surface area is 143 Å². The molecule has 0 unspecified atom stereocenters. The Kier molecular flexibility index (Phi) is 7.00. The van der Waals surface area contributed by atoms with Crippen molar-refractivity contribution < 1.29 is 21.5 Å². The fourth-order valence-electron chi connectivity index (χ4n) is 1.62. The van der Waals surface area contributed by atoms with E-state index in [4.69, 9.17) is 16.0 Å². The SMILES string of the molecule is NC1(N)C=CC(c2ccccc2)=CC1.O=P(Cl)(Cl)OS(=O)(=O)O. The molecule has 0 amide bonds. The first-order valence-electron chi connectivity index (χ1n) is 6.08. The van der Waals surface area contributed by atoms with Gasteiger partial charge in [0.1, 0.15) is 0 Å². The van der Waals surface area contributed by atoms with Crippen molar-refractivity contribution in [3.63, 3.8) is 0 Å². The highest BCUT2D eigenvalue weighted by molar-refractivity contribution is 8.09. The van der Waals surface area contributed by atoms with Gasteiger partial charge in [0.2, 0.25) is 0 Å². The van der Waals surface area contributed by atoms with Crippen molar-refractivity contribution in [2.24, 2.45) is 11.5 Å². The van der Waals surface area contributed by atoms with Crippen LogP contribution in [0.5, 0.6) is 0 Å². The van der Waals surface area contributed by atoms with E-state index in [0.717, 1.165) is 0 Å². The molecule has 1 aromatic carbocycles. The number of hydrogen-bond acceptors (Lipinski definition) is 6. The summed E-state index contributed by atoms with van der Waals surface area (Å²) in [5.41, 5.74) is 13.3. The summed E-state index contributed by atoms with van der Waals surface area (Å²) in [4.78, 5) is 0. The molecule has 2 rings (SSSR count). The Bertz CT molecular complexity index is 744.